The molecule has 2 unspecified atom stereocenters. The second kappa shape index (κ2) is 5.94. The molecule has 0 bridgehead atoms. The van der Waals surface area contributed by atoms with E-state index in [0.717, 1.165) is 6.54 Å². The molecular formula is C9H21N3O. The third-order valence-electron chi connectivity index (χ3n) is 1.97. The van der Waals surface area contributed by atoms with Crippen LogP contribution in [0.15, 0.2) is 0 Å². The molecule has 0 aromatic heterocycles. The normalized spacial score (nSPS) is 15.5. The van der Waals surface area contributed by atoms with Crippen molar-refractivity contribution in [3.8, 4) is 0 Å². The number of nitrogens with two attached hydrogens (primary N) is 1. The fourth-order valence-electron chi connectivity index (χ4n) is 1.13. The summed E-state index contributed by atoms with van der Waals surface area (Å²) in [6.45, 7) is 7.14. The van der Waals surface area contributed by atoms with Crippen molar-refractivity contribution in [2.24, 2.45) is 5.73 Å². The van der Waals surface area contributed by atoms with Crippen molar-refractivity contribution >= 4 is 5.91 Å². The highest BCUT2D eigenvalue weighted by molar-refractivity contribution is 5.81. The first-order chi connectivity index (χ1) is 5.99. The predicted octanol–water partition coefficient (Wildman–Crippen LogP) is -0.210. The van der Waals surface area contributed by atoms with Gasteiger partial charge >= 0.3 is 0 Å². The van der Waals surface area contributed by atoms with E-state index < -0.39 is 0 Å². The lowest BCUT2D eigenvalue weighted by Crippen LogP contribution is -2.46. The van der Waals surface area contributed by atoms with Crippen molar-refractivity contribution in [3.63, 3.8) is 0 Å². The second-order valence-corrected chi connectivity index (χ2v) is 3.49. The average Bonchev–Trinajstić information content (AvgIpc) is 2.02. The van der Waals surface area contributed by atoms with Crippen LogP contribution in [0.25, 0.3) is 0 Å². The molecule has 0 saturated heterocycles. The van der Waals surface area contributed by atoms with Crippen LogP contribution in [0.3, 0.4) is 0 Å². The van der Waals surface area contributed by atoms with Crippen LogP contribution < -0.4 is 11.1 Å². The number of likely N-dealkylation sites (N-methyl/N-ethyl adjacent to an activating group) is 2. The highest BCUT2D eigenvalue weighted by Crippen LogP contribution is 1.96. The van der Waals surface area contributed by atoms with Gasteiger partial charge in [-0.1, -0.05) is 0 Å². The molecule has 1 amide bonds. The van der Waals surface area contributed by atoms with Gasteiger partial charge in [-0.3, -0.25) is 9.69 Å². The summed E-state index contributed by atoms with van der Waals surface area (Å²) in [7, 11) is 1.91. The predicted molar refractivity (Wildman–Crippen MR) is 54.4 cm³/mol. The molecule has 0 heterocycles. The van der Waals surface area contributed by atoms with Gasteiger partial charge in [-0.05, 0) is 27.8 Å². The molecule has 0 aliphatic carbocycles. The highest BCUT2D eigenvalue weighted by atomic mass is 16.2. The zero-order chi connectivity index (χ0) is 10.4. The van der Waals surface area contributed by atoms with Gasteiger partial charge in [0.15, 0.2) is 0 Å². The summed E-state index contributed by atoms with van der Waals surface area (Å²) in [6.07, 6.45) is 0. The maximum atomic E-state index is 11.4. The molecule has 0 aromatic carbocycles. The summed E-state index contributed by atoms with van der Waals surface area (Å²) in [5.74, 6) is 0.0608. The number of nitrogens with one attached hydrogen (secondary N) is 1. The molecule has 3 N–H and O–H groups in total. The summed E-state index contributed by atoms with van der Waals surface area (Å²) >= 11 is 0. The minimum Gasteiger partial charge on any atom is -0.355 e. The van der Waals surface area contributed by atoms with Gasteiger partial charge in [-0.15, -0.1) is 0 Å². The standard InChI is InChI=1S/C9H21N3O/c1-5-11-9(13)8(3)12(4)6-7(2)10/h7-8H,5-6,10H2,1-4H3,(H,11,13). The molecule has 13 heavy (non-hydrogen) atoms. The first-order valence-corrected chi connectivity index (χ1v) is 4.72. The smallest absolute Gasteiger partial charge is 0.237 e. The van der Waals surface area contributed by atoms with Crippen LogP contribution in [-0.2, 0) is 4.79 Å². The first kappa shape index (κ1) is 12.4. The molecule has 2 atom stereocenters. The van der Waals surface area contributed by atoms with Crippen molar-refractivity contribution in [3.05, 3.63) is 0 Å². The Bertz CT molecular complexity index is 159. The Kier molecular flexibility index (Phi) is 5.66. The van der Waals surface area contributed by atoms with E-state index >= 15 is 0 Å². The Morgan fingerprint density at radius 1 is 1.54 bits per heavy atom. The lowest BCUT2D eigenvalue weighted by atomic mass is 10.2. The molecule has 0 saturated carbocycles. The van der Waals surface area contributed by atoms with Crippen LogP contribution in [0.4, 0.5) is 0 Å². The van der Waals surface area contributed by atoms with E-state index in [1.165, 1.54) is 0 Å². The number of rotatable bonds is 5. The van der Waals surface area contributed by atoms with E-state index in [0.29, 0.717) is 6.54 Å². The minimum atomic E-state index is -0.106. The molecule has 0 radical (unpaired) electrons. The molecule has 4 heteroatoms. The molecule has 0 rings (SSSR count). The van der Waals surface area contributed by atoms with Crippen LogP contribution >= 0.6 is 0 Å². The van der Waals surface area contributed by atoms with Gasteiger partial charge in [0.05, 0.1) is 6.04 Å². The average molecular weight is 187 g/mol. The summed E-state index contributed by atoms with van der Waals surface area (Å²) in [5.41, 5.74) is 5.63. The highest BCUT2D eigenvalue weighted by Gasteiger charge is 2.17. The Balaban J connectivity index is 3.93. The third kappa shape index (κ3) is 4.85. The van der Waals surface area contributed by atoms with Crippen molar-refractivity contribution in [2.45, 2.75) is 32.9 Å². The Morgan fingerprint density at radius 3 is 2.46 bits per heavy atom. The number of amides is 1. The molecule has 78 valence electrons. The van der Waals surface area contributed by atoms with E-state index in [9.17, 15) is 4.79 Å². The maximum Gasteiger partial charge on any atom is 0.237 e. The van der Waals surface area contributed by atoms with Gasteiger partial charge in [-0.25, -0.2) is 0 Å². The Morgan fingerprint density at radius 2 is 2.08 bits per heavy atom. The first-order valence-electron chi connectivity index (χ1n) is 4.72. The fraction of sp³-hybridized carbons (Fsp3) is 0.889. The number of hydrogen-bond donors (Lipinski definition) is 2. The lowest BCUT2D eigenvalue weighted by molar-refractivity contribution is -0.125. The molecule has 0 aliphatic rings. The van der Waals surface area contributed by atoms with Gasteiger partial charge in [0.2, 0.25) is 5.91 Å². The largest absolute Gasteiger partial charge is 0.355 e. The van der Waals surface area contributed by atoms with E-state index in [1.54, 1.807) is 0 Å². The van der Waals surface area contributed by atoms with Crippen LogP contribution in [0.5, 0.6) is 0 Å². The quantitative estimate of drug-likeness (QED) is 0.626. The summed E-state index contributed by atoms with van der Waals surface area (Å²) in [4.78, 5) is 13.3. The number of hydrogen-bond acceptors (Lipinski definition) is 3. The SMILES string of the molecule is CCNC(=O)C(C)N(C)CC(C)N. The van der Waals surface area contributed by atoms with E-state index in [4.69, 9.17) is 5.73 Å². The van der Waals surface area contributed by atoms with Gasteiger partial charge in [0.25, 0.3) is 0 Å². The molecular weight excluding hydrogens is 166 g/mol. The molecule has 0 aliphatic heterocycles. The number of carbonyl (C=O) groups is 1. The lowest BCUT2D eigenvalue weighted by Gasteiger charge is -2.25. The van der Waals surface area contributed by atoms with Gasteiger partial charge in [0, 0.05) is 19.1 Å². The molecule has 0 spiro atoms. The molecule has 0 fully saturated rings. The zero-order valence-electron chi connectivity index (χ0n) is 9.00. The molecule has 0 aromatic rings. The minimum absolute atomic E-state index is 0.0608. The fourth-order valence-corrected chi connectivity index (χ4v) is 1.13. The van der Waals surface area contributed by atoms with E-state index in [-0.39, 0.29) is 18.0 Å². The summed E-state index contributed by atoms with van der Waals surface area (Å²) in [5, 5.41) is 2.78. The summed E-state index contributed by atoms with van der Waals surface area (Å²) in [6, 6.07) is -0.00664. The zero-order valence-corrected chi connectivity index (χ0v) is 9.00. The second-order valence-electron chi connectivity index (χ2n) is 3.49. The van der Waals surface area contributed by atoms with E-state index in [2.05, 4.69) is 5.32 Å². The van der Waals surface area contributed by atoms with Crippen molar-refractivity contribution in [1.29, 1.82) is 0 Å². The van der Waals surface area contributed by atoms with E-state index in [1.807, 2.05) is 32.7 Å². The van der Waals surface area contributed by atoms with Crippen molar-refractivity contribution in [1.82, 2.24) is 10.2 Å². The van der Waals surface area contributed by atoms with Crippen LogP contribution in [-0.4, -0.2) is 43.0 Å². The van der Waals surface area contributed by atoms with Gasteiger partial charge < -0.3 is 11.1 Å². The Hall–Kier alpha value is -0.610. The van der Waals surface area contributed by atoms with Crippen LogP contribution in [0.1, 0.15) is 20.8 Å². The topological polar surface area (TPSA) is 58.4 Å². The third-order valence-corrected chi connectivity index (χ3v) is 1.97. The van der Waals surface area contributed by atoms with Crippen LogP contribution in [0.2, 0.25) is 0 Å². The summed E-state index contributed by atoms with van der Waals surface area (Å²) < 4.78 is 0. The van der Waals surface area contributed by atoms with Gasteiger partial charge in [0.1, 0.15) is 0 Å². The van der Waals surface area contributed by atoms with Crippen LogP contribution in [0, 0.1) is 0 Å². The Labute approximate surface area is 80.5 Å². The number of nitrogens with zero attached hydrogens (tertiary/aromatic N) is 1. The molecule has 4 nitrogen and oxygen atoms in total. The maximum absolute atomic E-state index is 11.4. The monoisotopic (exact) mass is 187 g/mol. The number of carbonyl (C=O) groups excluding carboxylic acids is 1. The van der Waals surface area contributed by atoms with Crippen molar-refractivity contribution in [2.75, 3.05) is 20.1 Å². The van der Waals surface area contributed by atoms with Crippen molar-refractivity contribution < 1.29 is 4.79 Å². The van der Waals surface area contributed by atoms with Gasteiger partial charge in [-0.2, -0.15) is 0 Å².